The number of rotatable bonds is 5. The summed E-state index contributed by atoms with van der Waals surface area (Å²) in [6, 6.07) is 19.7. The van der Waals surface area contributed by atoms with Crippen LogP contribution in [0.2, 0.25) is 5.02 Å². The number of hydrogen-bond acceptors (Lipinski definition) is 4. The van der Waals surface area contributed by atoms with E-state index in [0.29, 0.717) is 18.7 Å². The number of amides is 2. The minimum absolute atomic E-state index is 0.0750. The lowest BCUT2D eigenvalue weighted by Gasteiger charge is -2.38. The van der Waals surface area contributed by atoms with Crippen molar-refractivity contribution in [1.29, 1.82) is 0 Å². The van der Waals surface area contributed by atoms with E-state index in [4.69, 9.17) is 16.3 Å². The lowest BCUT2D eigenvalue weighted by molar-refractivity contribution is -0.146. The first-order valence-corrected chi connectivity index (χ1v) is 11.3. The van der Waals surface area contributed by atoms with Gasteiger partial charge in [0.15, 0.2) is 0 Å². The standard InChI is InChI=1S/C26H21ClN2O5/c27-16-11-15(24(30)29-10-9-23(29)25(31)32)12-17(13-16)28-26(33)34-14-22-20-7-3-1-5-18(20)19-6-2-4-8-21(19)22/h1-8,11-13,22-23H,9-10,14H2,(H,28,33)(H,31,32). The fourth-order valence-electron chi connectivity index (χ4n) is 4.59. The van der Waals surface area contributed by atoms with Gasteiger partial charge < -0.3 is 14.7 Å². The van der Waals surface area contributed by atoms with E-state index in [-0.39, 0.29) is 23.1 Å². The molecule has 1 aliphatic heterocycles. The van der Waals surface area contributed by atoms with E-state index in [1.54, 1.807) is 0 Å². The highest BCUT2D eigenvalue weighted by Gasteiger charge is 2.38. The normalized spacial score (nSPS) is 16.3. The zero-order valence-corrected chi connectivity index (χ0v) is 18.8. The van der Waals surface area contributed by atoms with Crippen LogP contribution in [0.5, 0.6) is 0 Å². The Labute approximate surface area is 200 Å². The first-order valence-electron chi connectivity index (χ1n) is 10.9. The molecule has 1 heterocycles. The monoisotopic (exact) mass is 476 g/mol. The summed E-state index contributed by atoms with van der Waals surface area (Å²) in [5, 5.41) is 12.1. The Morgan fingerprint density at radius 3 is 2.24 bits per heavy atom. The van der Waals surface area contributed by atoms with Crippen LogP contribution in [0.15, 0.2) is 66.7 Å². The van der Waals surface area contributed by atoms with Gasteiger partial charge in [-0.05, 0) is 46.9 Å². The molecule has 3 aromatic rings. The number of carbonyl (C=O) groups is 3. The van der Waals surface area contributed by atoms with E-state index in [2.05, 4.69) is 17.4 Å². The van der Waals surface area contributed by atoms with Crippen molar-refractivity contribution in [2.45, 2.75) is 18.4 Å². The van der Waals surface area contributed by atoms with Gasteiger partial charge in [-0.15, -0.1) is 0 Å². The van der Waals surface area contributed by atoms with Crippen LogP contribution >= 0.6 is 11.6 Å². The molecular weight excluding hydrogens is 456 g/mol. The Bertz CT molecular complexity index is 1260. The third kappa shape index (κ3) is 3.99. The van der Waals surface area contributed by atoms with Gasteiger partial charge in [0.05, 0.1) is 0 Å². The van der Waals surface area contributed by atoms with E-state index in [1.807, 2.05) is 36.4 Å². The molecule has 172 valence electrons. The highest BCUT2D eigenvalue weighted by atomic mass is 35.5. The number of anilines is 1. The van der Waals surface area contributed by atoms with Crippen LogP contribution in [0.4, 0.5) is 10.5 Å². The molecule has 1 saturated heterocycles. The number of carbonyl (C=O) groups excluding carboxylic acids is 2. The second-order valence-corrected chi connectivity index (χ2v) is 8.76. The second kappa shape index (κ2) is 8.83. The Morgan fingerprint density at radius 1 is 1.00 bits per heavy atom. The minimum Gasteiger partial charge on any atom is -0.480 e. The van der Waals surface area contributed by atoms with Crippen LogP contribution in [-0.2, 0) is 9.53 Å². The molecular formula is C26H21ClN2O5. The summed E-state index contributed by atoms with van der Waals surface area (Å²) in [4.78, 5) is 37.8. The molecule has 34 heavy (non-hydrogen) atoms. The molecule has 0 saturated carbocycles. The van der Waals surface area contributed by atoms with Crippen LogP contribution in [0.1, 0.15) is 33.8 Å². The number of benzene rings is 3. The van der Waals surface area contributed by atoms with Crippen molar-refractivity contribution < 1.29 is 24.2 Å². The Morgan fingerprint density at radius 2 is 1.65 bits per heavy atom. The van der Waals surface area contributed by atoms with E-state index < -0.39 is 24.0 Å². The topological polar surface area (TPSA) is 95.9 Å². The van der Waals surface area contributed by atoms with Gasteiger partial charge in [-0.25, -0.2) is 9.59 Å². The fourth-order valence-corrected chi connectivity index (χ4v) is 4.83. The molecule has 3 aromatic carbocycles. The third-order valence-corrected chi connectivity index (χ3v) is 6.52. The molecule has 8 heteroatoms. The van der Waals surface area contributed by atoms with Gasteiger partial charge >= 0.3 is 12.1 Å². The number of ether oxygens (including phenoxy) is 1. The maximum absolute atomic E-state index is 12.7. The summed E-state index contributed by atoms with van der Waals surface area (Å²) in [6.45, 7) is 0.512. The number of nitrogens with one attached hydrogen (secondary N) is 1. The van der Waals surface area contributed by atoms with Gasteiger partial charge in [0.25, 0.3) is 5.91 Å². The quantitative estimate of drug-likeness (QED) is 0.540. The maximum atomic E-state index is 12.7. The van der Waals surface area contributed by atoms with Gasteiger partial charge in [-0.3, -0.25) is 10.1 Å². The van der Waals surface area contributed by atoms with Crippen molar-refractivity contribution in [2.75, 3.05) is 18.5 Å². The summed E-state index contributed by atoms with van der Waals surface area (Å²) in [5.41, 5.74) is 4.98. The Balaban J connectivity index is 1.28. The second-order valence-electron chi connectivity index (χ2n) is 8.32. The molecule has 0 spiro atoms. The van der Waals surface area contributed by atoms with Crippen LogP contribution in [-0.4, -0.2) is 47.2 Å². The molecule has 1 fully saturated rings. The number of nitrogens with zero attached hydrogens (tertiary/aromatic N) is 1. The van der Waals surface area contributed by atoms with Crippen molar-refractivity contribution in [1.82, 2.24) is 4.90 Å². The molecule has 7 nitrogen and oxygen atoms in total. The van der Waals surface area contributed by atoms with Gasteiger partial charge in [0.1, 0.15) is 12.6 Å². The van der Waals surface area contributed by atoms with E-state index in [9.17, 15) is 19.5 Å². The number of likely N-dealkylation sites (tertiary alicyclic amines) is 1. The van der Waals surface area contributed by atoms with Crippen molar-refractivity contribution in [3.8, 4) is 11.1 Å². The summed E-state index contributed by atoms with van der Waals surface area (Å²) in [6.07, 6.45) is -0.262. The largest absolute Gasteiger partial charge is 0.480 e. The number of carboxylic acids is 1. The number of halogens is 1. The lowest BCUT2D eigenvalue weighted by Crippen LogP contribution is -2.55. The van der Waals surface area contributed by atoms with E-state index in [1.165, 1.54) is 23.1 Å². The average Bonchev–Trinajstić information content (AvgIpc) is 3.10. The van der Waals surface area contributed by atoms with Crippen LogP contribution in [0.3, 0.4) is 0 Å². The van der Waals surface area contributed by atoms with Crippen molar-refractivity contribution in [3.05, 3.63) is 88.4 Å². The average molecular weight is 477 g/mol. The number of hydrogen-bond donors (Lipinski definition) is 2. The molecule has 2 amide bonds. The molecule has 2 aliphatic rings. The highest BCUT2D eigenvalue weighted by molar-refractivity contribution is 6.31. The number of carboxylic acid groups (broad SMARTS) is 1. The van der Waals surface area contributed by atoms with Crippen molar-refractivity contribution in [2.24, 2.45) is 0 Å². The molecule has 1 aliphatic carbocycles. The predicted molar refractivity (Wildman–Crippen MR) is 127 cm³/mol. The predicted octanol–water partition coefficient (Wildman–Crippen LogP) is 5.00. The molecule has 1 unspecified atom stereocenters. The van der Waals surface area contributed by atoms with E-state index in [0.717, 1.165) is 22.3 Å². The molecule has 0 aromatic heterocycles. The first kappa shape index (κ1) is 22.0. The van der Waals surface area contributed by atoms with Crippen LogP contribution in [0, 0.1) is 0 Å². The summed E-state index contributed by atoms with van der Waals surface area (Å²) in [7, 11) is 0. The SMILES string of the molecule is O=C(Nc1cc(Cl)cc(C(=O)N2CCC2C(=O)O)c1)OCC1c2ccccc2-c2ccccc21. The summed E-state index contributed by atoms with van der Waals surface area (Å²) < 4.78 is 5.55. The van der Waals surface area contributed by atoms with Gasteiger partial charge in [0, 0.05) is 28.7 Å². The zero-order chi connectivity index (χ0) is 23.8. The van der Waals surface area contributed by atoms with Crippen LogP contribution < -0.4 is 5.32 Å². The van der Waals surface area contributed by atoms with Crippen molar-refractivity contribution >= 4 is 35.3 Å². The van der Waals surface area contributed by atoms with Gasteiger partial charge in [-0.2, -0.15) is 0 Å². The number of fused-ring (bicyclic) bond motifs is 3. The van der Waals surface area contributed by atoms with Gasteiger partial charge in [0.2, 0.25) is 0 Å². The van der Waals surface area contributed by atoms with Crippen molar-refractivity contribution in [3.63, 3.8) is 0 Å². The molecule has 5 rings (SSSR count). The van der Waals surface area contributed by atoms with Crippen LogP contribution in [0.25, 0.3) is 11.1 Å². The lowest BCUT2D eigenvalue weighted by atomic mass is 9.98. The molecule has 1 atom stereocenters. The fraction of sp³-hybridized carbons (Fsp3) is 0.192. The minimum atomic E-state index is -1.04. The Hall–Kier alpha value is -3.84. The number of aliphatic carboxylic acids is 1. The molecule has 0 bridgehead atoms. The van der Waals surface area contributed by atoms with E-state index >= 15 is 0 Å². The maximum Gasteiger partial charge on any atom is 0.411 e. The Kier molecular flexibility index (Phi) is 5.71. The van der Waals surface area contributed by atoms with Gasteiger partial charge in [-0.1, -0.05) is 60.1 Å². The third-order valence-electron chi connectivity index (χ3n) is 6.30. The smallest absolute Gasteiger partial charge is 0.411 e. The summed E-state index contributed by atoms with van der Waals surface area (Å²) in [5.74, 6) is -1.57. The zero-order valence-electron chi connectivity index (χ0n) is 18.0. The highest BCUT2D eigenvalue weighted by Crippen LogP contribution is 2.44. The first-order chi connectivity index (χ1) is 16.4. The summed E-state index contributed by atoms with van der Waals surface area (Å²) >= 11 is 6.16. The molecule has 0 radical (unpaired) electrons. The molecule has 2 N–H and O–H groups in total.